The highest BCUT2D eigenvalue weighted by Crippen LogP contribution is 2.36. The van der Waals surface area contributed by atoms with E-state index in [4.69, 9.17) is 9.47 Å². The van der Waals surface area contributed by atoms with E-state index in [1.54, 1.807) is 18.2 Å². The first-order chi connectivity index (χ1) is 41.9. The van der Waals surface area contributed by atoms with Gasteiger partial charge in [0, 0.05) is 62.6 Å². The number of aromatic carboxylic acids is 1. The lowest BCUT2D eigenvalue weighted by Crippen LogP contribution is -2.09. The molecule has 0 aliphatic carbocycles. The number of para-hydroxylation sites is 2. The van der Waals surface area contributed by atoms with E-state index in [1.165, 1.54) is 37.8 Å². The smallest absolute Gasteiger partial charge is 0.335 e. The van der Waals surface area contributed by atoms with Gasteiger partial charge in [0.15, 0.2) is 0 Å². The van der Waals surface area contributed by atoms with Gasteiger partial charge in [0.05, 0.1) is 35.5 Å². The molecule has 0 aliphatic heterocycles. The summed E-state index contributed by atoms with van der Waals surface area (Å²) >= 11 is 0. The van der Waals surface area contributed by atoms with Crippen LogP contribution in [0.1, 0.15) is 153 Å². The second-order valence-electron chi connectivity index (χ2n) is 23.1. The average molecular weight is 1130 g/mol. The first-order valence-electron chi connectivity index (χ1n) is 30.2. The standard InChI is InChI=1S/C80H74N2O4/c1-57(2)20-17-22-59(5)48-50-85-78-55-66(79(86-51-49-60(6)23-18-21-58(3)4)54-65(78)41-36-61-38-44-71(45-39-61)82(69-26-9-7-10-27-69)70-28-11-8-12-29-70)43-47-77-74-32-15-13-30-72(74)76(73-31-14-16-33-75(73)77)46-42-64-40-37-63(53-68(64)56-81)35-34-62-24-19-25-67(52-62)80(83)84/h7-16,19,24-33,37-40,44-45,52-55,57-60H,17-18,20-23,48-51H2,1-6H3,(H,83,84)/t59-,60-/m0/s1. The first kappa shape index (κ1) is 60.7. The Labute approximate surface area is 509 Å². The normalized spacial score (nSPS) is 11.4. The zero-order valence-corrected chi connectivity index (χ0v) is 50.3. The molecular formula is C80H74N2O4. The summed E-state index contributed by atoms with van der Waals surface area (Å²) in [6, 6.07) is 63.9. The number of carbonyl (C=O) groups is 1. The van der Waals surface area contributed by atoms with E-state index >= 15 is 0 Å². The molecule has 6 heteroatoms. The number of carboxylic acids is 1. The van der Waals surface area contributed by atoms with Crippen molar-refractivity contribution in [3.63, 3.8) is 0 Å². The molecule has 0 fully saturated rings. The molecule has 2 atom stereocenters. The molecule has 6 nitrogen and oxygen atoms in total. The predicted molar refractivity (Wildman–Crippen MR) is 353 cm³/mol. The molecule has 86 heavy (non-hydrogen) atoms. The van der Waals surface area contributed by atoms with Crippen LogP contribution in [0.25, 0.3) is 21.5 Å². The molecule has 0 heterocycles. The van der Waals surface area contributed by atoms with Crippen molar-refractivity contribution in [1.82, 2.24) is 0 Å². The maximum absolute atomic E-state index is 11.5. The highest BCUT2D eigenvalue weighted by Gasteiger charge is 2.17. The number of nitrogens with zero attached hydrogens (tertiary/aromatic N) is 2. The number of carboxylic acid groups (broad SMARTS) is 1. The number of hydrogen-bond donors (Lipinski definition) is 1. The van der Waals surface area contributed by atoms with Crippen LogP contribution in [0.3, 0.4) is 0 Å². The number of fused-ring (bicyclic) bond motifs is 2. The maximum atomic E-state index is 11.5. The number of benzene rings is 9. The van der Waals surface area contributed by atoms with Gasteiger partial charge in [0.2, 0.25) is 0 Å². The van der Waals surface area contributed by atoms with E-state index in [0.717, 1.165) is 92.1 Å². The van der Waals surface area contributed by atoms with Crippen molar-refractivity contribution >= 4 is 44.6 Å². The summed E-state index contributed by atoms with van der Waals surface area (Å²) in [6.45, 7) is 14.9. The molecule has 9 rings (SSSR count). The largest absolute Gasteiger partial charge is 0.492 e. The van der Waals surface area contributed by atoms with Crippen LogP contribution >= 0.6 is 0 Å². The number of ether oxygens (including phenoxy) is 2. The molecule has 0 saturated carbocycles. The van der Waals surface area contributed by atoms with Crippen LogP contribution < -0.4 is 14.4 Å². The van der Waals surface area contributed by atoms with Gasteiger partial charge in [0.1, 0.15) is 17.6 Å². The van der Waals surface area contributed by atoms with E-state index in [2.05, 4.69) is 197 Å². The number of nitriles is 1. The zero-order valence-electron chi connectivity index (χ0n) is 50.3. The Kier molecular flexibility index (Phi) is 21.2. The third-order valence-electron chi connectivity index (χ3n) is 15.4. The lowest BCUT2D eigenvalue weighted by Gasteiger charge is -2.25. The molecule has 9 aromatic rings. The second kappa shape index (κ2) is 30.1. The molecule has 0 unspecified atom stereocenters. The van der Waals surface area contributed by atoms with E-state index in [-0.39, 0.29) is 5.56 Å². The SMILES string of the molecule is CC(C)CCC[C@H](C)CCOc1cc(C#Cc2c3ccccc3c(C#Cc3ccc(C#Cc4cccc(C(=O)O)c4)cc3C#N)c3ccccc23)c(OCC[C@@H](C)CCCC(C)C)cc1C#Cc1ccc(N(c2ccccc2)c2ccccc2)cc1. The first-order valence-corrected chi connectivity index (χ1v) is 30.2. The second-order valence-corrected chi connectivity index (χ2v) is 23.1. The summed E-state index contributed by atoms with van der Waals surface area (Å²) in [4.78, 5) is 13.8. The van der Waals surface area contributed by atoms with Crippen LogP contribution in [-0.2, 0) is 0 Å². The Morgan fingerprint density at radius 1 is 0.419 bits per heavy atom. The van der Waals surface area contributed by atoms with Gasteiger partial charge in [0.25, 0.3) is 0 Å². The molecule has 1 N–H and O–H groups in total. The van der Waals surface area contributed by atoms with Gasteiger partial charge in [-0.25, -0.2) is 4.79 Å². The topological polar surface area (TPSA) is 82.8 Å². The number of hydrogen-bond acceptors (Lipinski definition) is 5. The Balaban J connectivity index is 1.10. The predicted octanol–water partition coefficient (Wildman–Crippen LogP) is 19.1. The lowest BCUT2D eigenvalue weighted by molar-refractivity contribution is 0.0696. The lowest BCUT2D eigenvalue weighted by atomic mass is 9.91. The third-order valence-corrected chi connectivity index (χ3v) is 15.4. The Hall–Kier alpha value is -9.90. The fourth-order valence-corrected chi connectivity index (χ4v) is 10.6. The van der Waals surface area contributed by atoms with Gasteiger partial charge in [-0.1, -0.05) is 218 Å². The van der Waals surface area contributed by atoms with Gasteiger partial charge in [-0.05, 0) is 143 Å². The monoisotopic (exact) mass is 1130 g/mol. The van der Waals surface area contributed by atoms with Gasteiger partial charge >= 0.3 is 5.97 Å². The van der Waals surface area contributed by atoms with Gasteiger partial charge in [-0.2, -0.15) is 5.26 Å². The van der Waals surface area contributed by atoms with Crippen molar-refractivity contribution < 1.29 is 19.4 Å². The van der Waals surface area contributed by atoms with Gasteiger partial charge in [-0.15, -0.1) is 0 Å². The molecule has 0 bridgehead atoms. The van der Waals surface area contributed by atoms with E-state index < -0.39 is 5.97 Å². The molecule has 0 amide bonds. The maximum Gasteiger partial charge on any atom is 0.335 e. The van der Waals surface area contributed by atoms with Crippen LogP contribution in [-0.4, -0.2) is 24.3 Å². The summed E-state index contributed by atoms with van der Waals surface area (Å²) in [7, 11) is 0. The average Bonchev–Trinajstić information content (AvgIpc) is 1.20. The number of anilines is 3. The summed E-state index contributed by atoms with van der Waals surface area (Å²) in [5.41, 5.74) is 9.50. The minimum Gasteiger partial charge on any atom is -0.492 e. The molecule has 0 radical (unpaired) electrons. The van der Waals surface area contributed by atoms with Crippen molar-refractivity contribution in [1.29, 1.82) is 5.26 Å². The van der Waals surface area contributed by atoms with E-state index in [9.17, 15) is 15.2 Å². The molecule has 0 aliphatic rings. The molecule has 9 aromatic carbocycles. The highest BCUT2D eigenvalue weighted by atomic mass is 16.5. The van der Waals surface area contributed by atoms with E-state index in [0.29, 0.717) is 70.6 Å². The quantitative estimate of drug-likeness (QED) is 0.0605. The molecular weight excluding hydrogens is 1050 g/mol. The highest BCUT2D eigenvalue weighted by molar-refractivity contribution is 6.10. The summed E-state index contributed by atoms with van der Waals surface area (Å²) < 4.78 is 13.7. The fourth-order valence-electron chi connectivity index (χ4n) is 10.6. The van der Waals surface area contributed by atoms with Crippen LogP contribution in [0.2, 0.25) is 0 Å². The summed E-state index contributed by atoms with van der Waals surface area (Å²) in [6.07, 6.45) is 8.95. The fraction of sp³-hybridized carbons (Fsp3) is 0.250. The zero-order chi connectivity index (χ0) is 60.2. The van der Waals surface area contributed by atoms with Crippen LogP contribution in [0.15, 0.2) is 188 Å². The van der Waals surface area contributed by atoms with E-state index in [1.807, 2.05) is 60.7 Å². The van der Waals surface area contributed by atoms with Crippen LogP contribution in [0, 0.1) is 82.4 Å². The summed E-state index contributed by atoms with van der Waals surface area (Å²) in [5, 5.41) is 23.5. The third kappa shape index (κ3) is 16.5. The Morgan fingerprint density at radius 2 is 0.849 bits per heavy atom. The summed E-state index contributed by atoms with van der Waals surface area (Å²) in [5.74, 6) is 30.0. The van der Waals surface area contributed by atoms with Crippen LogP contribution in [0.5, 0.6) is 11.5 Å². The molecule has 0 saturated heterocycles. The van der Waals surface area contributed by atoms with Crippen molar-refractivity contribution in [2.75, 3.05) is 18.1 Å². The molecule has 0 spiro atoms. The van der Waals surface area contributed by atoms with Gasteiger partial charge in [-0.3, -0.25) is 0 Å². The molecule has 428 valence electrons. The van der Waals surface area contributed by atoms with Crippen molar-refractivity contribution in [3.8, 4) is 64.9 Å². The minimum atomic E-state index is -1.02. The van der Waals surface area contributed by atoms with Crippen molar-refractivity contribution in [3.05, 3.63) is 244 Å². The van der Waals surface area contributed by atoms with Gasteiger partial charge < -0.3 is 19.5 Å². The molecule has 0 aromatic heterocycles. The van der Waals surface area contributed by atoms with Crippen molar-refractivity contribution in [2.24, 2.45) is 23.7 Å². The Bertz CT molecular complexity index is 4030. The Morgan fingerprint density at radius 3 is 1.33 bits per heavy atom. The van der Waals surface area contributed by atoms with Crippen LogP contribution in [0.4, 0.5) is 17.1 Å². The minimum absolute atomic E-state index is 0.159. The van der Waals surface area contributed by atoms with Crippen molar-refractivity contribution in [2.45, 2.75) is 92.9 Å². The number of rotatable bonds is 20.